The van der Waals surface area contributed by atoms with Gasteiger partial charge in [-0.1, -0.05) is 36.6 Å². The topological polar surface area (TPSA) is 45.5 Å². The summed E-state index contributed by atoms with van der Waals surface area (Å²) in [6.45, 7) is 2.14. The van der Waals surface area contributed by atoms with E-state index in [0.29, 0.717) is 31.0 Å². The Morgan fingerprint density at radius 1 is 1.18 bits per heavy atom. The van der Waals surface area contributed by atoms with Gasteiger partial charge in [0.25, 0.3) is 0 Å². The van der Waals surface area contributed by atoms with Crippen LogP contribution in [0.1, 0.15) is 50.0 Å². The SMILES string of the molecule is O=C(CC(Cn1cccc1)c1ccc(Cl)cc1)N1CCC2(O)CCCCC2C1. The summed E-state index contributed by atoms with van der Waals surface area (Å²) >= 11 is 6.06. The number of hydrogen-bond acceptors (Lipinski definition) is 2. The Kier molecular flexibility index (Phi) is 5.79. The van der Waals surface area contributed by atoms with Gasteiger partial charge in [-0.25, -0.2) is 0 Å². The van der Waals surface area contributed by atoms with Gasteiger partial charge in [-0.15, -0.1) is 0 Å². The first-order valence-electron chi connectivity index (χ1n) is 10.4. The average Bonchev–Trinajstić information content (AvgIpc) is 3.20. The Labute approximate surface area is 172 Å². The summed E-state index contributed by atoms with van der Waals surface area (Å²) in [5, 5.41) is 11.6. The summed E-state index contributed by atoms with van der Waals surface area (Å²) < 4.78 is 2.13. The second kappa shape index (κ2) is 8.30. The molecule has 28 heavy (non-hydrogen) atoms. The molecule has 0 bridgehead atoms. The summed E-state index contributed by atoms with van der Waals surface area (Å²) in [5.74, 6) is 0.529. The molecule has 2 heterocycles. The smallest absolute Gasteiger partial charge is 0.223 e. The number of rotatable bonds is 5. The van der Waals surface area contributed by atoms with Gasteiger partial charge < -0.3 is 14.6 Å². The maximum absolute atomic E-state index is 13.2. The number of halogens is 1. The Morgan fingerprint density at radius 2 is 1.93 bits per heavy atom. The van der Waals surface area contributed by atoms with Crippen LogP contribution in [-0.4, -0.2) is 39.2 Å². The van der Waals surface area contributed by atoms with Crippen molar-refractivity contribution in [3.05, 3.63) is 59.4 Å². The van der Waals surface area contributed by atoms with E-state index in [1.807, 2.05) is 53.7 Å². The Hall–Kier alpha value is -1.78. The van der Waals surface area contributed by atoms with Gasteiger partial charge in [0, 0.05) is 55.3 Å². The zero-order chi connectivity index (χ0) is 19.6. The van der Waals surface area contributed by atoms with E-state index in [4.69, 9.17) is 11.6 Å². The molecular formula is C23H29ClN2O2. The van der Waals surface area contributed by atoms with Crippen molar-refractivity contribution in [3.63, 3.8) is 0 Å². The maximum atomic E-state index is 13.2. The lowest BCUT2D eigenvalue weighted by atomic mass is 9.71. The van der Waals surface area contributed by atoms with Gasteiger partial charge in [-0.3, -0.25) is 4.79 Å². The quantitative estimate of drug-likeness (QED) is 0.804. The third kappa shape index (κ3) is 4.28. The van der Waals surface area contributed by atoms with Crippen LogP contribution in [0.5, 0.6) is 0 Å². The number of benzene rings is 1. The third-order valence-corrected chi connectivity index (χ3v) is 6.89. The molecule has 1 saturated carbocycles. The number of fused-ring (bicyclic) bond motifs is 1. The molecule has 4 rings (SSSR count). The number of nitrogens with zero attached hydrogens (tertiary/aromatic N) is 2. The van der Waals surface area contributed by atoms with Crippen LogP contribution in [-0.2, 0) is 11.3 Å². The molecule has 0 radical (unpaired) electrons. The molecule has 2 aromatic rings. The van der Waals surface area contributed by atoms with Gasteiger partial charge in [0.1, 0.15) is 0 Å². The summed E-state index contributed by atoms with van der Waals surface area (Å²) in [4.78, 5) is 15.2. The predicted molar refractivity (Wildman–Crippen MR) is 111 cm³/mol. The van der Waals surface area contributed by atoms with Gasteiger partial charge in [-0.2, -0.15) is 0 Å². The predicted octanol–water partition coefficient (Wildman–Crippen LogP) is 4.47. The number of hydrogen-bond donors (Lipinski definition) is 1. The van der Waals surface area contributed by atoms with Crippen LogP contribution >= 0.6 is 11.6 Å². The van der Waals surface area contributed by atoms with Crippen molar-refractivity contribution >= 4 is 17.5 Å². The van der Waals surface area contributed by atoms with Gasteiger partial charge in [0.15, 0.2) is 0 Å². The van der Waals surface area contributed by atoms with Crippen LogP contribution in [0.4, 0.5) is 0 Å². The van der Waals surface area contributed by atoms with Crippen molar-refractivity contribution < 1.29 is 9.90 Å². The molecule has 1 aliphatic carbocycles. The molecule has 1 amide bonds. The standard InChI is InChI=1S/C23H29ClN2O2/c24-21-8-6-18(7-9-21)19(16-25-12-3-4-13-25)15-22(27)26-14-11-23(28)10-2-1-5-20(23)17-26/h3-4,6-9,12-13,19-20,28H,1-2,5,10-11,14-17H2. The highest BCUT2D eigenvalue weighted by Crippen LogP contribution is 2.40. The van der Waals surface area contributed by atoms with E-state index in [0.717, 1.165) is 37.8 Å². The average molecular weight is 401 g/mol. The fourth-order valence-electron chi connectivity index (χ4n) is 4.91. The monoisotopic (exact) mass is 400 g/mol. The fraction of sp³-hybridized carbons (Fsp3) is 0.522. The van der Waals surface area contributed by atoms with E-state index < -0.39 is 5.60 Å². The van der Waals surface area contributed by atoms with Crippen molar-refractivity contribution in [3.8, 4) is 0 Å². The van der Waals surface area contributed by atoms with Crippen LogP contribution < -0.4 is 0 Å². The number of carbonyl (C=O) groups is 1. The first kappa shape index (κ1) is 19.5. The number of carbonyl (C=O) groups excluding carboxylic acids is 1. The van der Waals surface area contributed by atoms with E-state index in [2.05, 4.69) is 4.57 Å². The first-order valence-corrected chi connectivity index (χ1v) is 10.8. The van der Waals surface area contributed by atoms with Crippen molar-refractivity contribution in [1.82, 2.24) is 9.47 Å². The van der Waals surface area contributed by atoms with Crippen molar-refractivity contribution in [2.24, 2.45) is 5.92 Å². The van der Waals surface area contributed by atoms with Crippen LogP contribution in [0, 0.1) is 5.92 Å². The van der Waals surface area contributed by atoms with E-state index in [1.54, 1.807) is 0 Å². The van der Waals surface area contributed by atoms with Crippen LogP contribution in [0.15, 0.2) is 48.8 Å². The van der Waals surface area contributed by atoms with E-state index >= 15 is 0 Å². The van der Waals surface area contributed by atoms with Gasteiger partial charge in [0.2, 0.25) is 5.91 Å². The highest BCUT2D eigenvalue weighted by atomic mass is 35.5. The third-order valence-electron chi connectivity index (χ3n) is 6.64. The molecular weight excluding hydrogens is 372 g/mol. The molecule has 1 aromatic carbocycles. The van der Waals surface area contributed by atoms with E-state index in [9.17, 15) is 9.90 Å². The largest absolute Gasteiger partial charge is 0.389 e. The number of amides is 1. The lowest BCUT2D eigenvalue weighted by molar-refractivity contribution is -0.143. The normalized spacial score (nSPS) is 25.9. The molecule has 1 N–H and O–H groups in total. The Morgan fingerprint density at radius 3 is 2.68 bits per heavy atom. The number of likely N-dealkylation sites (tertiary alicyclic amines) is 1. The molecule has 1 aromatic heterocycles. The molecule has 2 aliphatic rings. The summed E-state index contributed by atoms with van der Waals surface area (Å²) in [5.41, 5.74) is 0.591. The summed E-state index contributed by atoms with van der Waals surface area (Å²) in [6, 6.07) is 11.9. The molecule has 1 saturated heterocycles. The zero-order valence-corrected chi connectivity index (χ0v) is 17.0. The molecule has 5 heteroatoms. The van der Waals surface area contributed by atoms with Gasteiger partial charge >= 0.3 is 0 Å². The van der Waals surface area contributed by atoms with Crippen LogP contribution in [0.3, 0.4) is 0 Å². The molecule has 3 unspecified atom stereocenters. The highest BCUT2D eigenvalue weighted by Gasteiger charge is 2.43. The Bertz CT molecular complexity index is 789. The van der Waals surface area contributed by atoms with E-state index in [1.165, 1.54) is 0 Å². The second-order valence-corrected chi connectivity index (χ2v) is 8.90. The molecule has 2 fully saturated rings. The van der Waals surface area contributed by atoms with Crippen molar-refractivity contribution in [1.29, 1.82) is 0 Å². The lowest BCUT2D eigenvalue weighted by Crippen LogP contribution is -2.54. The number of aromatic nitrogens is 1. The number of aliphatic hydroxyl groups is 1. The molecule has 1 aliphatic heterocycles. The molecule has 3 atom stereocenters. The summed E-state index contributed by atoms with van der Waals surface area (Å²) in [6.07, 6.45) is 9.46. The minimum Gasteiger partial charge on any atom is -0.389 e. The van der Waals surface area contributed by atoms with Crippen molar-refractivity contribution in [2.75, 3.05) is 13.1 Å². The minimum absolute atomic E-state index is 0.101. The molecule has 150 valence electrons. The van der Waals surface area contributed by atoms with E-state index in [-0.39, 0.29) is 17.7 Å². The van der Waals surface area contributed by atoms with Crippen molar-refractivity contribution in [2.45, 2.75) is 56.6 Å². The van der Waals surface area contributed by atoms with Gasteiger partial charge in [-0.05, 0) is 49.1 Å². The first-order chi connectivity index (χ1) is 13.5. The van der Waals surface area contributed by atoms with Gasteiger partial charge in [0.05, 0.1) is 5.60 Å². The summed E-state index contributed by atoms with van der Waals surface area (Å²) in [7, 11) is 0. The second-order valence-electron chi connectivity index (χ2n) is 8.47. The maximum Gasteiger partial charge on any atom is 0.223 e. The Balaban J connectivity index is 1.46. The lowest BCUT2D eigenvalue weighted by Gasteiger charge is -2.47. The number of piperidine rings is 1. The highest BCUT2D eigenvalue weighted by molar-refractivity contribution is 6.30. The fourth-order valence-corrected chi connectivity index (χ4v) is 5.03. The molecule has 0 spiro atoms. The zero-order valence-electron chi connectivity index (χ0n) is 16.3. The van der Waals surface area contributed by atoms with Crippen LogP contribution in [0.25, 0.3) is 0 Å². The van der Waals surface area contributed by atoms with Crippen LogP contribution in [0.2, 0.25) is 5.02 Å². The minimum atomic E-state index is -0.546. The molecule has 4 nitrogen and oxygen atoms in total.